The molecule has 3 aliphatic rings. The number of hydrogen-bond donors (Lipinski definition) is 1. The molecule has 1 aliphatic carbocycles. The smallest absolute Gasteiger partial charge is 0.150 e. The van der Waals surface area contributed by atoms with E-state index in [9.17, 15) is 0 Å². The minimum Gasteiger partial charge on any atom is -0.304 e. The van der Waals surface area contributed by atoms with Gasteiger partial charge in [-0.3, -0.25) is 13.8 Å². The van der Waals surface area contributed by atoms with Gasteiger partial charge in [0.2, 0.25) is 0 Å². The minimum atomic E-state index is 0.465. The average Bonchev–Trinajstić information content (AvgIpc) is 3.58. The summed E-state index contributed by atoms with van der Waals surface area (Å²) in [5, 5.41) is 4.64. The van der Waals surface area contributed by atoms with Gasteiger partial charge in [-0.25, -0.2) is 9.97 Å². The predicted molar refractivity (Wildman–Crippen MR) is 144 cm³/mol. The number of pyridine rings is 1. The molecule has 34 heavy (non-hydrogen) atoms. The molecule has 0 N–H and O–H groups in total. The van der Waals surface area contributed by atoms with Crippen LogP contribution in [0.1, 0.15) is 61.1 Å². The van der Waals surface area contributed by atoms with Crippen molar-refractivity contribution in [1.82, 2.24) is 28.6 Å². The third-order valence-corrected chi connectivity index (χ3v) is 9.72. The summed E-state index contributed by atoms with van der Waals surface area (Å²) in [4.78, 5) is 17.5. The van der Waals surface area contributed by atoms with E-state index in [4.69, 9.17) is 9.97 Å². The Morgan fingerprint density at radius 2 is 1.79 bits per heavy atom. The Balaban J connectivity index is 1.21. The van der Waals surface area contributed by atoms with Crippen LogP contribution in [-0.4, -0.2) is 81.5 Å². The number of rotatable bonds is 4. The fourth-order valence-electron chi connectivity index (χ4n) is 6.28. The molecule has 0 aromatic carbocycles. The van der Waals surface area contributed by atoms with Crippen molar-refractivity contribution >= 4 is 35.2 Å². The van der Waals surface area contributed by atoms with Gasteiger partial charge < -0.3 is 4.90 Å². The van der Waals surface area contributed by atoms with E-state index < -0.39 is 0 Å². The summed E-state index contributed by atoms with van der Waals surface area (Å²) in [6, 6.07) is 3.61. The maximum absolute atomic E-state index is 5.08. The number of likely N-dealkylation sites (tertiary alicyclic amines) is 1. The number of piperazine rings is 1. The molecule has 1 unspecified atom stereocenters. The van der Waals surface area contributed by atoms with Crippen LogP contribution in [0.15, 0.2) is 23.8 Å². The normalized spacial score (nSPS) is 27.7. The molecule has 2 saturated heterocycles. The van der Waals surface area contributed by atoms with E-state index in [2.05, 4.69) is 65.5 Å². The maximum Gasteiger partial charge on any atom is 0.150 e. The zero-order valence-corrected chi connectivity index (χ0v) is 22.1. The van der Waals surface area contributed by atoms with Crippen LogP contribution < -0.4 is 0 Å². The lowest BCUT2D eigenvalue weighted by Gasteiger charge is -2.41. The quantitative estimate of drug-likeness (QED) is 0.521. The van der Waals surface area contributed by atoms with Gasteiger partial charge in [-0.1, -0.05) is 12.8 Å². The van der Waals surface area contributed by atoms with E-state index >= 15 is 0 Å². The highest BCUT2D eigenvalue weighted by molar-refractivity contribution is 7.78. The van der Waals surface area contributed by atoms with E-state index in [0.717, 1.165) is 22.9 Å². The van der Waals surface area contributed by atoms with Crippen LogP contribution in [0.2, 0.25) is 0 Å². The largest absolute Gasteiger partial charge is 0.304 e. The van der Waals surface area contributed by atoms with Crippen molar-refractivity contribution in [2.24, 2.45) is 0 Å². The maximum atomic E-state index is 5.08. The Kier molecular flexibility index (Phi) is 6.45. The zero-order valence-electron chi connectivity index (χ0n) is 20.4. The van der Waals surface area contributed by atoms with Crippen molar-refractivity contribution in [3.8, 4) is 11.3 Å². The van der Waals surface area contributed by atoms with E-state index in [0.29, 0.717) is 12.0 Å². The number of nitrogens with zero attached hydrogens (tertiary/aromatic N) is 6. The molecule has 6 nitrogen and oxygen atoms in total. The van der Waals surface area contributed by atoms with Gasteiger partial charge >= 0.3 is 0 Å². The van der Waals surface area contributed by atoms with Crippen molar-refractivity contribution in [2.45, 2.75) is 56.5 Å². The first kappa shape index (κ1) is 23.0. The number of fused-ring (bicyclic) bond motifs is 1. The van der Waals surface area contributed by atoms with Gasteiger partial charge in [0.1, 0.15) is 10.7 Å². The second-order valence-electron chi connectivity index (χ2n) is 10.6. The van der Waals surface area contributed by atoms with Crippen molar-refractivity contribution in [3.05, 3.63) is 34.4 Å². The van der Waals surface area contributed by atoms with Crippen LogP contribution in [0.3, 0.4) is 0 Å². The average molecular weight is 497 g/mol. The molecule has 0 amide bonds. The summed E-state index contributed by atoms with van der Waals surface area (Å²) < 4.78 is 1.86. The Hall–Kier alpha value is -1.45. The van der Waals surface area contributed by atoms with Gasteiger partial charge in [0.25, 0.3) is 0 Å². The summed E-state index contributed by atoms with van der Waals surface area (Å²) in [5.41, 5.74) is 4.54. The SMILES string of the molecule is CN1CCN(C2CCC(c3cnc4c(c3)c(-c3csc(C5CCCN5C)n3)cn4S)CC2)CC1. The number of aromatic nitrogens is 3. The third-order valence-electron chi connectivity index (χ3n) is 8.47. The highest BCUT2D eigenvalue weighted by Gasteiger charge is 2.29. The fraction of sp³-hybridized carbons (Fsp3) is 0.615. The molecule has 0 bridgehead atoms. The molecule has 8 heteroatoms. The molecular formula is C26H36N6S2. The van der Waals surface area contributed by atoms with Crippen LogP contribution in [0.4, 0.5) is 0 Å². The molecule has 6 rings (SSSR count). The first-order valence-electron chi connectivity index (χ1n) is 12.9. The van der Waals surface area contributed by atoms with E-state index in [1.165, 1.54) is 87.2 Å². The summed E-state index contributed by atoms with van der Waals surface area (Å²) in [5.74, 6) is 0.606. The molecule has 1 saturated carbocycles. The Labute approximate surface area is 212 Å². The lowest BCUT2D eigenvalue weighted by molar-refractivity contribution is 0.0878. The molecule has 3 aromatic heterocycles. The lowest BCUT2D eigenvalue weighted by atomic mass is 9.81. The molecule has 5 heterocycles. The molecule has 2 aliphatic heterocycles. The second kappa shape index (κ2) is 9.54. The van der Waals surface area contributed by atoms with Crippen LogP contribution in [-0.2, 0) is 0 Å². The Morgan fingerprint density at radius 3 is 2.53 bits per heavy atom. The van der Waals surface area contributed by atoms with Gasteiger partial charge in [0.15, 0.2) is 0 Å². The number of thiazole rings is 1. The molecule has 0 radical (unpaired) electrons. The van der Waals surface area contributed by atoms with Gasteiger partial charge in [-0.15, -0.1) is 11.3 Å². The third kappa shape index (κ3) is 4.32. The van der Waals surface area contributed by atoms with Crippen LogP contribution in [0.5, 0.6) is 0 Å². The molecular weight excluding hydrogens is 460 g/mol. The first-order chi connectivity index (χ1) is 16.6. The summed E-state index contributed by atoms with van der Waals surface area (Å²) in [7, 11) is 4.45. The molecule has 1 atom stereocenters. The molecule has 0 spiro atoms. The van der Waals surface area contributed by atoms with Gasteiger partial charge in [0, 0.05) is 60.9 Å². The lowest BCUT2D eigenvalue weighted by Crippen LogP contribution is -2.49. The summed E-state index contributed by atoms with van der Waals surface area (Å²) in [6.45, 7) is 6.04. The number of thiol groups is 1. The first-order valence-corrected chi connectivity index (χ1v) is 14.1. The van der Waals surface area contributed by atoms with Crippen molar-refractivity contribution < 1.29 is 0 Å². The number of hydrogen-bond acceptors (Lipinski definition) is 7. The van der Waals surface area contributed by atoms with E-state index in [1.807, 2.05) is 3.97 Å². The molecule has 3 fully saturated rings. The van der Waals surface area contributed by atoms with E-state index in [1.54, 1.807) is 11.3 Å². The molecule has 3 aromatic rings. The second-order valence-corrected chi connectivity index (χ2v) is 11.9. The summed E-state index contributed by atoms with van der Waals surface area (Å²) >= 11 is 6.47. The topological polar surface area (TPSA) is 40.4 Å². The molecule has 182 valence electrons. The monoisotopic (exact) mass is 496 g/mol. The standard InChI is InChI=1S/C26H36N6S2/c1-29-10-12-31(13-11-29)20-7-5-18(6-8-20)19-14-21-22(16-32(33)25(21)27-15-19)23-17-34-26(28-23)24-4-3-9-30(24)2/h14-18,20,24,33H,3-13H2,1-2H3. The zero-order chi connectivity index (χ0) is 23.2. The van der Waals surface area contributed by atoms with Crippen molar-refractivity contribution in [3.63, 3.8) is 0 Å². The van der Waals surface area contributed by atoms with E-state index in [-0.39, 0.29) is 0 Å². The summed E-state index contributed by atoms with van der Waals surface area (Å²) in [6.07, 6.45) is 11.8. The predicted octanol–water partition coefficient (Wildman–Crippen LogP) is 4.89. The van der Waals surface area contributed by atoms with Gasteiger partial charge in [0.05, 0.1) is 11.7 Å². The Morgan fingerprint density at radius 1 is 1.00 bits per heavy atom. The highest BCUT2D eigenvalue weighted by Crippen LogP contribution is 2.39. The minimum absolute atomic E-state index is 0.465. The fourth-order valence-corrected chi connectivity index (χ4v) is 7.58. The van der Waals surface area contributed by atoms with Crippen molar-refractivity contribution in [2.75, 3.05) is 46.8 Å². The van der Waals surface area contributed by atoms with Crippen LogP contribution in [0, 0.1) is 0 Å². The van der Waals surface area contributed by atoms with Crippen LogP contribution in [0.25, 0.3) is 22.3 Å². The van der Waals surface area contributed by atoms with Gasteiger partial charge in [-0.2, -0.15) is 0 Å². The Bertz CT molecular complexity index is 1140. The van der Waals surface area contributed by atoms with Crippen molar-refractivity contribution in [1.29, 1.82) is 0 Å². The van der Waals surface area contributed by atoms with Gasteiger partial charge in [-0.05, 0) is 76.7 Å². The van der Waals surface area contributed by atoms with Crippen LogP contribution >= 0.6 is 24.2 Å². The number of likely N-dealkylation sites (N-methyl/N-ethyl adjacent to an activating group) is 1. The highest BCUT2D eigenvalue weighted by atomic mass is 32.1.